The molecular weight excluding hydrogens is 178 g/mol. The first-order valence-corrected chi connectivity index (χ1v) is 5.29. The predicted octanol–water partition coefficient (Wildman–Crippen LogP) is 0.918. The van der Waals surface area contributed by atoms with Gasteiger partial charge in [0.15, 0.2) is 0 Å². The molecule has 1 fully saturated rings. The van der Waals surface area contributed by atoms with Crippen LogP contribution in [-0.4, -0.2) is 35.6 Å². The smallest absolute Gasteiger partial charge is 0.318 e. The molecule has 0 spiro atoms. The minimum atomic E-state index is -0.256. The van der Waals surface area contributed by atoms with Gasteiger partial charge in [-0.25, -0.2) is 4.79 Å². The molecule has 1 aliphatic carbocycles. The van der Waals surface area contributed by atoms with Crippen molar-refractivity contribution in [3.63, 3.8) is 0 Å². The number of nitrogens with one attached hydrogen (secondary N) is 1. The molecule has 0 unspecified atom stereocenters. The van der Waals surface area contributed by atoms with Gasteiger partial charge in [0.25, 0.3) is 0 Å². The van der Waals surface area contributed by atoms with Gasteiger partial charge in [-0.15, -0.1) is 0 Å². The molecule has 0 aromatic carbocycles. The van der Waals surface area contributed by atoms with Gasteiger partial charge < -0.3 is 16.0 Å². The number of hydrogen-bond acceptors (Lipinski definition) is 2. The number of urea groups is 1. The highest BCUT2D eigenvalue weighted by atomic mass is 16.2. The molecule has 0 heterocycles. The Labute approximate surface area is 85.8 Å². The Kier molecular flexibility index (Phi) is 3.37. The standard InChI is InChI=1S/C10H21N3O/c1-4-13(10(2,3)7-11)9(14)12-8-5-6-8/h8H,4-7,11H2,1-3H3,(H,12,14). The molecular formula is C10H21N3O. The van der Waals surface area contributed by atoms with Crippen molar-refractivity contribution in [2.45, 2.75) is 45.2 Å². The number of likely N-dealkylation sites (N-methyl/N-ethyl adjacent to an activating group) is 1. The van der Waals surface area contributed by atoms with Crippen LogP contribution in [0.15, 0.2) is 0 Å². The number of amides is 2. The Hall–Kier alpha value is -0.770. The molecule has 14 heavy (non-hydrogen) atoms. The van der Waals surface area contributed by atoms with Gasteiger partial charge in [-0.1, -0.05) is 0 Å². The van der Waals surface area contributed by atoms with Crippen molar-refractivity contribution in [1.29, 1.82) is 0 Å². The van der Waals surface area contributed by atoms with Crippen LogP contribution in [0.3, 0.4) is 0 Å². The zero-order chi connectivity index (χ0) is 10.8. The molecule has 1 rings (SSSR count). The molecule has 0 aromatic heterocycles. The van der Waals surface area contributed by atoms with Gasteiger partial charge in [0.2, 0.25) is 0 Å². The van der Waals surface area contributed by atoms with Crippen LogP contribution in [0.4, 0.5) is 4.79 Å². The Balaban J connectivity index is 2.54. The molecule has 4 nitrogen and oxygen atoms in total. The average Bonchev–Trinajstić information content (AvgIpc) is 2.89. The van der Waals surface area contributed by atoms with E-state index in [-0.39, 0.29) is 11.6 Å². The fourth-order valence-corrected chi connectivity index (χ4v) is 1.44. The monoisotopic (exact) mass is 199 g/mol. The summed E-state index contributed by atoms with van der Waals surface area (Å²) in [6, 6.07) is 0.426. The summed E-state index contributed by atoms with van der Waals surface area (Å²) in [5, 5.41) is 2.98. The van der Waals surface area contributed by atoms with Crippen LogP contribution in [0, 0.1) is 0 Å². The lowest BCUT2D eigenvalue weighted by Gasteiger charge is -2.37. The molecule has 1 saturated carbocycles. The van der Waals surface area contributed by atoms with Crippen molar-refractivity contribution >= 4 is 6.03 Å². The Morgan fingerprint density at radius 1 is 1.57 bits per heavy atom. The number of carbonyl (C=O) groups excluding carboxylic acids is 1. The van der Waals surface area contributed by atoms with E-state index >= 15 is 0 Å². The minimum absolute atomic E-state index is 0.0189. The molecule has 1 aliphatic rings. The Bertz CT molecular complexity index is 211. The van der Waals surface area contributed by atoms with Gasteiger partial charge in [-0.05, 0) is 33.6 Å². The second kappa shape index (κ2) is 4.17. The second-order valence-electron chi connectivity index (χ2n) is 4.48. The molecule has 82 valence electrons. The van der Waals surface area contributed by atoms with E-state index in [2.05, 4.69) is 5.32 Å². The van der Waals surface area contributed by atoms with Gasteiger partial charge in [0, 0.05) is 19.1 Å². The minimum Gasteiger partial charge on any atom is -0.335 e. The predicted molar refractivity (Wildman–Crippen MR) is 57.1 cm³/mol. The van der Waals surface area contributed by atoms with Crippen molar-refractivity contribution in [2.75, 3.05) is 13.1 Å². The van der Waals surface area contributed by atoms with Crippen molar-refractivity contribution in [2.24, 2.45) is 5.73 Å². The molecule has 4 heteroatoms. The van der Waals surface area contributed by atoms with Gasteiger partial charge in [-0.3, -0.25) is 0 Å². The quantitative estimate of drug-likeness (QED) is 0.707. The van der Waals surface area contributed by atoms with Crippen LogP contribution < -0.4 is 11.1 Å². The maximum atomic E-state index is 11.8. The summed E-state index contributed by atoms with van der Waals surface area (Å²) in [6.45, 7) is 7.14. The zero-order valence-electron chi connectivity index (χ0n) is 9.34. The maximum Gasteiger partial charge on any atom is 0.318 e. The molecule has 0 radical (unpaired) electrons. The number of carbonyl (C=O) groups is 1. The normalized spacial score (nSPS) is 16.6. The molecule has 0 bridgehead atoms. The molecule has 2 amide bonds. The molecule has 0 saturated heterocycles. The van der Waals surface area contributed by atoms with Crippen LogP contribution in [0.1, 0.15) is 33.6 Å². The second-order valence-corrected chi connectivity index (χ2v) is 4.48. The van der Waals surface area contributed by atoms with E-state index in [9.17, 15) is 4.79 Å². The third kappa shape index (κ3) is 2.61. The highest BCUT2D eigenvalue weighted by Gasteiger charge is 2.31. The van der Waals surface area contributed by atoms with E-state index in [4.69, 9.17) is 5.73 Å². The first-order valence-electron chi connectivity index (χ1n) is 5.29. The first-order chi connectivity index (χ1) is 6.51. The van der Waals surface area contributed by atoms with E-state index in [0.29, 0.717) is 19.1 Å². The largest absolute Gasteiger partial charge is 0.335 e. The summed E-state index contributed by atoms with van der Waals surface area (Å²) in [5.41, 5.74) is 5.39. The third-order valence-electron chi connectivity index (χ3n) is 2.70. The summed E-state index contributed by atoms with van der Waals surface area (Å²) < 4.78 is 0. The van der Waals surface area contributed by atoms with Crippen molar-refractivity contribution in [3.8, 4) is 0 Å². The zero-order valence-corrected chi connectivity index (χ0v) is 9.34. The van der Waals surface area contributed by atoms with E-state index in [1.54, 1.807) is 4.90 Å². The first kappa shape index (κ1) is 11.3. The van der Waals surface area contributed by atoms with Crippen LogP contribution in [0.25, 0.3) is 0 Å². The summed E-state index contributed by atoms with van der Waals surface area (Å²) in [6.07, 6.45) is 2.23. The fourth-order valence-electron chi connectivity index (χ4n) is 1.44. The van der Waals surface area contributed by atoms with Crippen molar-refractivity contribution < 1.29 is 4.79 Å². The fraction of sp³-hybridized carbons (Fsp3) is 0.900. The van der Waals surface area contributed by atoms with E-state index in [1.807, 2.05) is 20.8 Å². The van der Waals surface area contributed by atoms with Gasteiger partial charge in [0.05, 0.1) is 5.54 Å². The van der Waals surface area contributed by atoms with Crippen molar-refractivity contribution in [3.05, 3.63) is 0 Å². The van der Waals surface area contributed by atoms with E-state index in [0.717, 1.165) is 12.8 Å². The molecule has 0 aromatic rings. The highest BCUT2D eigenvalue weighted by Crippen LogP contribution is 2.20. The lowest BCUT2D eigenvalue weighted by molar-refractivity contribution is 0.143. The highest BCUT2D eigenvalue weighted by molar-refractivity contribution is 5.75. The van der Waals surface area contributed by atoms with Crippen LogP contribution >= 0.6 is 0 Å². The SMILES string of the molecule is CCN(C(=O)NC1CC1)C(C)(C)CN. The summed E-state index contributed by atoms with van der Waals surface area (Å²) in [5.74, 6) is 0. The number of hydrogen-bond donors (Lipinski definition) is 2. The Morgan fingerprint density at radius 3 is 2.50 bits per heavy atom. The molecule has 0 atom stereocenters. The maximum absolute atomic E-state index is 11.8. The average molecular weight is 199 g/mol. The number of rotatable bonds is 4. The van der Waals surface area contributed by atoms with Crippen LogP contribution in [0.5, 0.6) is 0 Å². The van der Waals surface area contributed by atoms with E-state index in [1.165, 1.54) is 0 Å². The lowest BCUT2D eigenvalue weighted by Crippen LogP contribution is -2.55. The molecule has 3 N–H and O–H groups in total. The molecule has 0 aliphatic heterocycles. The third-order valence-corrected chi connectivity index (χ3v) is 2.70. The lowest BCUT2D eigenvalue weighted by atomic mass is 10.0. The summed E-state index contributed by atoms with van der Waals surface area (Å²) in [4.78, 5) is 13.6. The van der Waals surface area contributed by atoms with E-state index < -0.39 is 0 Å². The summed E-state index contributed by atoms with van der Waals surface area (Å²) >= 11 is 0. The topological polar surface area (TPSA) is 58.4 Å². The summed E-state index contributed by atoms with van der Waals surface area (Å²) in [7, 11) is 0. The van der Waals surface area contributed by atoms with Gasteiger partial charge >= 0.3 is 6.03 Å². The van der Waals surface area contributed by atoms with Gasteiger partial charge in [0.1, 0.15) is 0 Å². The van der Waals surface area contributed by atoms with Gasteiger partial charge in [-0.2, -0.15) is 0 Å². The Morgan fingerprint density at radius 2 is 2.14 bits per heavy atom. The van der Waals surface area contributed by atoms with Crippen molar-refractivity contribution in [1.82, 2.24) is 10.2 Å². The number of nitrogens with two attached hydrogens (primary N) is 1. The van der Waals surface area contributed by atoms with Crippen LogP contribution in [-0.2, 0) is 0 Å². The van der Waals surface area contributed by atoms with Crippen LogP contribution in [0.2, 0.25) is 0 Å². The number of nitrogens with zero attached hydrogens (tertiary/aromatic N) is 1.